The first-order valence-corrected chi connectivity index (χ1v) is 25.3. The molecule has 2 N–H and O–H groups in total. The van der Waals surface area contributed by atoms with Gasteiger partial charge in [-0.15, -0.1) is 11.8 Å². The molecule has 302 valence electrons. The van der Waals surface area contributed by atoms with Crippen LogP contribution < -0.4 is 0 Å². The molecular weight excluding hydrogens is 688 g/mol. The molecule has 3 unspecified atom stereocenters. The lowest BCUT2D eigenvalue weighted by atomic mass is 10.0. The van der Waals surface area contributed by atoms with Crippen molar-refractivity contribution in [2.75, 3.05) is 52.8 Å². The molecule has 0 spiro atoms. The molecule has 0 aliphatic carbocycles. The van der Waals surface area contributed by atoms with E-state index in [-0.39, 0.29) is 19.4 Å². The summed E-state index contributed by atoms with van der Waals surface area (Å²) in [6.07, 6.45) is 35.2. The molecule has 0 aromatic heterocycles. The average molecular weight is 773 g/mol. The van der Waals surface area contributed by atoms with Gasteiger partial charge in [0.1, 0.15) is 18.6 Å². The highest BCUT2D eigenvalue weighted by atomic mass is 32.2. The van der Waals surface area contributed by atoms with E-state index in [0.29, 0.717) is 17.4 Å². The Labute approximate surface area is 315 Å². The van der Waals surface area contributed by atoms with Gasteiger partial charge in [-0.1, -0.05) is 181 Å². The number of nitrogens with zero attached hydrogens (tertiary/aromatic N) is 1. The number of unbranched alkanes of at least 4 members (excludes halogenated alkanes) is 26. The van der Waals surface area contributed by atoms with Gasteiger partial charge in [-0.3, -0.25) is 18.1 Å². The lowest BCUT2D eigenvalue weighted by molar-refractivity contribution is -0.870. The van der Waals surface area contributed by atoms with Crippen molar-refractivity contribution in [1.82, 2.24) is 0 Å². The van der Waals surface area contributed by atoms with Crippen molar-refractivity contribution in [2.24, 2.45) is 0 Å². The molecule has 0 saturated carbocycles. The zero-order valence-electron chi connectivity index (χ0n) is 33.6. The minimum absolute atomic E-state index is 0.0760. The van der Waals surface area contributed by atoms with Crippen molar-refractivity contribution in [3.63, 3.8) is 0 Å². The summed E-state index contributed by atoms with van der Waals surface area (Å²) >= 11 is 1.39. The van der Waals surface area contributed by atoms with Gasteiger partial charge < -0.3 is 14.3 Å². The Morgan fingerprint density at radius 3 is 1.28 bits per heavy atom. The van der Waals surface area contributed by atoms with E-state index in [9.17, 15) is 18.9 Å². The number of thioether (sulfide) groups is 1. The van der Waals surface area contributed by atoms with Gasteiger partial charge >= 0.3 is 15.4 Å². The average Bonchev–Trinajstić information content (AvgIpc) is 3.04. The summed E-state index contributed by atoms with van der Waals surface area (Å²) in [6, 6.07) is 0. The van der Waals surface area contributed by atoms with Gasteiger partial charge in [-0.2, -0.15) is 0 Å². The number of rotatable bonds is 40. The second-order valence-electron chi connectivity index (χ2n) is 15.6. The van der Waals surface area contributed by atoms with Gasteiger partial charge in [0, 0.05) is 0 Å². The molecule has 8 nitrogen and oxygen atoms in total. The first-order valence-electron chi connectivity index (χ1n) is 20.9. The number of phosphoric acid groups is 1. The summed E-state index contributed by atoms with van der Waals surface area (Å²) in [5, 5.41) is 0. The molecule has 0 rings (SSSR count). The Morgan fingerprint density at radius 2 is 0.900 bits per heavy atom. The van der Waals surface area contributed by atoms with Crippen molar-refractivity contribution >= 4 is 27.2 Å². The van der Waals surface area contributed by atoms with E-state index in [1.807, 2.05) is 21.1 Å². The highest BCUT2D eigenvalue weighted by Crippen LogP contribution is 2.48. The van der Waals surface area contributed by atoms with Crippen LogP contribution in [0.4, 0.5) is 0 Å². The fourth-order valence-corrected chi connectivity index (χ4v) is 9.40. The summed E-state index contributed by atoms with van der Waals surface area (Å²) in [7, 11) is -2.24. The van der Waals surface area contributed by atoms with Crippen LogP contribution in [-0.4, -0.2) is 72.5 Å². The highest BCUT2D eigenvalue weighted by Gasteiger charge is 2.29. The largest absolute Gasteiger partial charge is 0.472 e. The van der Waals surface area contributed by atoms with Crippen molar-refractivity contribution in [1.29, 1.82) is 0 Å². The molecule has 0 aromatic rings. The van der Waals surface area contributed by atoms with Crippen LogP contribution in [0.25, 0.3) is 0 Å². The maximum Gasteiger partial charge on any atom is 0.472 e. The molecule has 0 aromatic carbocycles. The minimum atomic E-state index is -4.30. The summed E-state index contributed by atoms with van der Waals surface area (Å²) < 4.78 is 42.2. The molecule has 0 fully saturated rings. The van der Waals surface area contributed by atoms with Crippen LogP contribution in [0.5, 0.6) is 0 Å². The number of likely N-dealkylation sites (N-methyl/N-ethyl adjacent to an activating group) is 1. The molecule has 0 amide bonds. The smallest absolute Gasteiger partial charge is 0.329 e. The third kappa shape index (κ3) is 38.3. The first-order chi connectivity index (χ1) is 23.9. The SMILES string of the molecule is CCCCCCCCCCCCCCCCSC(COP(=O)(O)OCC[N+](C)(C)C)OP(=O)(O)CCCCCCCCCCCCCCCC. The maximum atomic E-state index is 13.0. The van der Waals surface area contributed by atoms with E-state index in [1.54, 1.807) is 0 Å². The van der Waals surface area contributed by atoms with Crippen molar-refractivity contribution < 1.29 is 37.0 Å². The first kappa shape index (κ1) is 50.6. The van der Waals surface area contributed by atoms with Crippen molar-refractivity contribution in [3.05, 3.63) is 0 Å². The topological polar surface area (TPSA) is 102 Å². The van der Waals surface area contributed by atoms with Crippen LogP contribution in [0, 0.1) is 0 Å². The van der Waals surface area contributed by atoms with E-state index in [2.05, 4.69) is 13.8 Å². The second kappa shape index (κ2) is 34.1. The van der Waals surface area contributed by atoms with Crippen LogP contribution in [0.1, 0.15) is 194 Å². The third-order valence-electron chi connectivity index (χ3n) is 9.27. The fraction of sp³-hybridized carbons (Fsp3) is 1.00. The fourth-order valence-electron chi connectivity index (χ4n) is 5.99. The molecule has 50 heavy (non-hydrogen) atoms. The van der Waals surface area contributed by atoms with Crippen LogP contribution >= 0.6 is 27.2 Å². The Bertz CT molecular complexity index is 831. The Balaban J connectivity index is 4.37. The Hall–Kier alpha value is 0.570. The van der Waals surface area contributed by atoms with Crippen LogP contribution in [0.15, 0.2) is 0 Å². The van der Waals surface area contributed by atoms with Gasteiger partial charge in [0.25, 0.3) is 0 Å². The van der Waals surface area contributed by atoms with E-state index in [4.69, 9.17) is 13.6 Å². The Morgan fingerprint density at radius 1 is 0.540 bits per heavy atom. The van der Waals surface area contributed by atoms with Crippen molar-refractivity contribution in [2.45, 2.75) is 199 Å². The van der Waals surface area contributed by atoms with E-state index >= 15 is 0 Å². The quantitative estimate of drug-likeness (QED) is 0.0275. The predicted molar refractivity (Wildman–Crippen MR) is 217 cm³/mol. The molecule has 0 heterocycles. The lowest BCUT2D eigenvalue weighted by Crippen LogP contribution is -2.37. The lowest BCUT2D eigenvalue weighted by Gasteiger charge is -2.25. The maximum absolute atomic E-state index is 13.0. The van der Waals surface area contributed by atoms with E-state index in [0.717, 1.165) is 31.4 Å². The van der Waals surface area contributed by atoms with E-state index < -0.39 is 20.9 Å². The predicted octanol–water partition coefficient (Wildman–Crippen LogP) is 13.1. The normalized spacial score (nSPS) is 15.3. The van der Waals surface area contributed by atoms with Gasteiger partial charge in [-0.25, -0.2) is 4.57 Å². The third-order valence-corrected chi connectivity index (χ3v) is 13.0. The molecule has 0 bridgehead atoms. The van der Waals surface area contributed by atoms with Gasteiger partial charge in [0.15, 0.2) is 0 Å². The van der Waals surface area contributed by atoms with Gasteiger partial charge in [0.2, 0.25) is 0 Å². The van der Waals surface area contributed by atoms with Crippen LogP contribution in [0.2, 0.25) is 0 Å². The molecule has 3 atom stereocenters. The molecule has 0 aliphatic rings. The zero-order chi connectivity index (χ0) is 37.2. The molecular formula is C39H84NO7P2S+. The molecule has 0 radical (unpaired) electrons. The van der Waals surface area contributed by atoms with Crippen LogP contribution in [-0.2, 0) is 22.7 Å². The highest BCUT2D eigenvalue weighted by molar-refractivity contribution is 7.99. The van der Waals surface area contributed by atoms with E-state index in [1.165, 1.54) is 159 Å². The number of hydrogen-bond acceptors (Lipinski definition) is 6. The number of hydrogen-bond donors (Lipinski definition) is 2. The molecule has 0 aliphatic heterocycles. The molecule has 11 heteroatoms. The summed E-state index contributed by atoms with van der Waals surface area (Å²) in [6.45, 7) is 4.88. The van der Waals surface area contributed by atoms with Gasteiger partial charge in [-0.05, 0) is 18.6 Å². The summed E-state index contributed by atoms with van der Waals surface area (Å²) in [5.74, 6) is 0.739. The Kier molecular flexibility index (Phi) is 34.5. The second-order valence-corrected chi connectivity index (χ2v) is 20.2. The van der Waals surface area contributed by atoms with Crippen LogP contribution in [0.3, 0.4) is 0 Å². The summed E-state index contributed by atoms with van der Waals surface area (Å²) in [4.78, 5) is 20.9. The van der Waals surface area contributed by atoms with Gasteiger partial charge in [0.05, 0.1) is 33.9 Å². The minimum Gasteiger partial charge on any atom is -0.329 e. The standard InChI is InChI=1S/C39H83NO7P2S/c1-6-8-10-12-14-16-18-20-22-24-26-28-30-32-36-48(41,42)47-39(38-46-49(43,44)45-35-34-40(3,4)5)50-37-33-31-29-27-25-23-21-19-17-15-13-11-9-7-2/h39H,6-38H2,1-5H3,(H-,41,42,43,44)/p+1. The monoisotopic (exact) mass is 773 g/mol. The molecule has 0 saturated heterocycles. The summed E-state index contributed by atoms with van der Waals surface area (Å²) in [5.41, 5.74) is -0.804. The zero-order valence-corrected chi connectivity index (χ0v) is 36.2. The number of phosphoric ester groups is 1. The van der Waals surface area contributed by atoms with Crippen molar-refractivity contribution in [3.8, 4) is 0 Å². The number of quaternary nitrogens is 1.